The first-order chi connectivity index (χ1) is 14.7. The van der Waals surface area contributed by atoms with E-state index in [-0.39, 0.29) is 0 Å². The van der Waals surface area contributed by atoms with E-state index in [9.17, 15) is 0 Å². The van der Waals surface area contributed by atoms with Crippen LogP contribution in [0.15, 0.2) is 0 Å². The molecule has 2 fully saturated rings. The van der Waals surface area contributed by atoms with E-state index in [1.165, 1.54) is 57.8 Å². The Kier molecular flexibility index (Phi) is 10.9. The Labute approximate surface area is 196 Å². The minimum Gasteiger partial charge on any atom is -0.327 e. The van der Waals surface area contributed by atoms with Gasteiger partial charge >= 0.3 is 0 Å². The molecular formula is C29H58N2. The topological polar surface area (TPSA) is 52.0 Å². The smallest absolute Gasteiger partial charge is 0.0101 e. The van der Waals surface area contributed by atoms with Gasteiger partial charge < -0.3 is 11.5 Å². The molecule has 2 nitrogen and oxygen atoms in total. The second kappa shape index (κ2) is 12.4. The van der Waals surface area contributed by atoms with E-state index in [1.54, 1.807) is 0 Å². The predicted octanol–water partition coefficient (Wildman–Crippen LogP) is 7.50. The van der Waals surface area contributed by atoms with E-state index in [1.807, 2.05) is 0 Å². The van der Waals surface area contributed by atoms with Gasteiger partial charge in [-0.2, -0.15) is 0 Å². The summed E-state index contributed by atoms with van der Waals surface area (Å²) in [4.78, 5) is 0. The Balaban J connectivity index is 2.18. The first-order valence-corrected chi connectivity index (χ1v) is 14.2. The molecule has 0 radical (unpaired) electrons. The Morgan fingerprint density at radius 2 is 0.742 bits per heavy atom. The Hall–Kier alpha value is -0.0800. The van der Waals surface area contributed by atoms with Gasteiger partial charge in [0, 0.05) is 12.1 Å². The van der Waals surface area contributed by atoms with Crippen molar-refractivity contribution in [1.82, 2.24) is 0 Å². The summed E-state index contributed by atoms with van der Waals surface area (Å²) >= 11 is 0. The highest BCUT2D eigenvalue weighted by Crippen LogP contribution is 2.48. The van der Waals surface area contributed by atoms with Crippen LogP contribution >= 0.6 is 0 Å². The molecule has 0 amide bonds. The molecule has 8 unspecified atom stereocenters. The highest BCUT2D eigenvalue weighted by Gasteiger charge is 2.43. The average Bonchev–Trinajstić information content (AvgIpc) is 2.78. The molecule has 2 aliphatic carbocycles. The van der Waals surface area contributed by atoms with Crippen LogP contribution in [0.5, 0.6) is 0 Å². The summed E-state index contributed by atoms with van der Waals surface area (Å²) in [6.07, 6.45) is 12.0. The Morgan fingerprint density at radius 1 is 0.516 bits per heavy atom. The largest absolute Gasteiger partial charge is 0.327 e. The predicted molar refractivity (Wildman–Crippen MR) is 138 cm³/mol. The van der Waals surface area contributed by atoms with Crippen molar-refractivity contribution in [2.24, 2.45) is 70.6 Å². The van der Waals surface area contributed by atoms with Gasteiger partial charge in [-0.15, -0.1) is 0 Å². The Bertz CT molecular complexity index is 421. The zero-order chi connectivity index (χ0) is 23.3. The highest BCUT2D eigenvalue weighted by atomic mass is 14.7. The summed E-state index contributed by atoms with van der Waals surface area (Å²) in [5, 5.41) is 0. The third kappa shape index (κ3) is 6.50. The summed E-state index contributed by atoms with van der Waals surface area (Å²) in [5.74, 6) is 7.60. The molecule has 0 aromatic carbocycles. The molecule has 2 saturated carbocycles. The normalized spacial score (nSPS) is 40.8. The third-order valence-electron chi connectivity index (χ3n) is 10.6. The van der Waals surface area contributed by atoms with Gasteiger partial charge in [0.1, 0.15) is 0 Å². The molecule has 184 valence electrons. The van der Waals surface area contributed by atoms with Gasteiger partial charge in [0.05, 0.1) is 0 Å². The van der Waals surface area contributed by atoms with Crippen LogP contribution in [0.25, 0.3) is 0 Å². The molecule has 0 aromatic rings. The highest BCUT2D eigenvalue weighted by molar-refractivity contribution is 4.96. The fourth-order valence-electron chi connectivity index (χ4n) is 7.51. The summed E-state index contributed by atoms with van der Waals surface area (Å²) in [5.41, 5.74) is 13.9. The van der Waals surface area contributed by atoms with Crippen LogP contribution < -0.4 is 11.5 Å². The zero-order valence-electron chi connectivity index (χ0n) is 22.4. The second-order valence-electron chi connectivity index (χ2n) is 12.3. The van der Waals surface area contributed by atoms with Crippen molar-refractivity contribution in [1.29, 1.82) is 0 Å². The zero-order valence-corrected chi connectivity index (χ0v) is 22.4. The maximum atomic E-state index is 6.93. The molecule has 0 spiro atoms. The van der Waals surface area contributed by atoms with Crippen LogP contribution in [0, 0.1) is 59.2 Å². The van der Waals surface area contributed by atoms with Crippen molar-refractivity contribution in [2.45, 2.75) is 125 Å². The van der Waals surface area contributed by atoms with E-state index >= 15 is 0 Å². The minimum absolute atomic E-state index is 0.404. The van der Waals surface area contributed by atoms with Gasteiger partial charge in [0.15, 0.2) is 0 Å². The Morgan fingerprint density at radius 3 is 0.935 bits per heavy atom. The molecule has 2 heteroatoms. The van der Waals surface area contributed by atoms with Crippen LogP contribution in [0.1, 0.15) is 113 Å². The van der Waals surface area contributed by atoms with E-state index in [0.717, 1.165) is 35.5 Å². The monoisotopic (exact) mass is 434 g/mol. The van der Waals surface area contributed by atoms with E-state index < -0.39 is 0 Å². The van der Waals surface area contributed by atoms with E-state index in [0.29, 0.717) is 35.8 Å². The molecule has 4 N–H and O–H groups in total. The molecular weight excluding hydrogens is 376 g/mol. The summed E-state index contributed by atoms with van der Waals surface area (Å²) in [7, 11) is 0. The first kappa shape index (κ1) is 27.2. The van der Waals surface area contributed by atoms with Crippen LogP contribution in [-0.2, 0) is 0 Å². The lowest BCUT2D eigenvalue weighted by molar-refractivity contribution is 0.0413. The quantitative estimate of drug-likeness (QED) is 0.374. The average molecular weight is 435 g/mol. The van der Waals surface area contributed by atoms with Gasteiger partial charge in [0.25, 0.3) is 0 Å². The molecule has 0 heterocycles. The minimum atomic E-state index is 0.404. The summed E-state index contributed by atoms with van der Waals surface area (Å²) in [6, 6.07) is 0.809. The molecule has 0 saturated heterocycles. The molecule has 0 aliphatic heterocycles. The fraction of sp³-hybridized carbons (Fsp3) is 1.00. The van der Waals surface area contributed by atoms with Gasteiger partial charge in [-0.05, 0) is 91.3 Å². The van der Waals surface area contributed by atoms with Crippen LogP contribution in [0.3, 0.4) is 0 Å². The van der Waals surface area contributed by atoms with Crippen molar-refractivity contribution >= 4 is 0 Å². The number of rotatable bonds is 10. The molecule has 2 rings (SSSR count). The molecule has 2 aliphatic rings. The SMILES string of the molecule is CCC(C)C1CC(CC2CC(C(C)CC)C(N)C(C(C)CC)C2)CC(C(C)CC)C1N. The third-order valence-corrected chi connectivity index (χ3v) is 10.6. The molecule has 0 bridgehead atoms. The van der Waals surface area contributed by atoms with E-state index in [4.69, 9.17) is 11.5 Å². The van der Waals surface area contributed by atoms with Gasteiger partial charge in [-0.25, -0.2) is 0 Å². The van der Waals surface area contributed by atoms with Gasteiger partial charge in [-0.1, -0.05) is 81.1 Å². The van der Waals surface area contributed by atoms with Crippen LogP contribution in [-0.4, -0.2) is 12.1 Å². The molecule has 8 atom stereocenters. The maximum absolute atomic E-state index is 6.93. The summed E-state index contributed by atoms with van der Waals surface area (Å²) in [6.45, 7) is 19.3. The first-order valence-electron chi connectivity index (χ1n) is 14.2. The number of nitrogens with two attached hydrogens (primary N) is 2. The van der Waals surface area contributed by atoms with Gasteiger partial charge in [0.2, 0.25) is 0 Å². The lowest BCUT2D eigenvalue weighted by atomic mass is 9.59. The van der Waals surface area contributed by atoms with Crippen LogP contribution in [0.2, 0.25) is 0 Å². The number of hydrogen-bond acceptors (Lipinski definition) is 2. The van der Waals surface area contributed by atoms with Crippen molar-refractivity contribution < 1.29 is 0 Å². The lowest BCUT2D eigenvalue weighted by Crippen LogP contribution is -2.50. The van der Waals surface area contributed by atoms with Crippen molar-refractivity contribution in [3.8, 4) is 0 Å². The maximum Gasteiger partial charge on any atom is 0.0101 e. The standard InChI is InChI=1S/C29H58N2/c1-9-18(5)24-14-22(15-25(28(24)30)19(6)10-2)13-23-16-26(20(7)11-3)29(31)27(17-23)21(8)12-4/h18-29H,9-17,30-31H2,1-8H3. The fourth-order valence-corrected chi connectivity index (χ4v) is 7.51. The van der Waals surface area contributed by atoms with Crippen molar-refractivity contribution in [3.63, 3.8) is 0 Å². The second-order valence-corrected chi connectivity index (χ2v) is 12.3. The van der Waals surface area contributed by atoms with E-state index in [2.05, 4.69) is 55.4 Å². The summed E-state index contributed by atoms with van der Waals surface area (Å²) < 4.78 is 0. The van der Waals surface area contributed by atoms with Crippen molar-refractivity contribution in [2.75, 3.05) is 0 Å². The number of hydrogen-bond donors (Lipinski definition) is 2. The van der Waals surface area contributed by atoms with Crippen molar-refractivity contribution in [3.05, 3.63) is 0 Å². The molecule has 31 heavy (non-hydrogen) atoms. The lowest BCUT2D eigenvalue weighted by Gasteiger charge is -2.48. The van der Waals surface area contributed by atoms with Gasteiger partial charge in [-0.3, -0.25) is 0 Å². The van der Waals surface area contributed by atoms with Crippen LogP contribution in [0.4, 0.5) is 0 Å². The molecule has 0 aromatic heterocycles.